The molecule has 4 heteroatoms. The minimum absolute atomic E-state index is 0.245. The summed E-state index contributed by atoms with van der Waals surface area (Å²) >= 11 is 0. The van der Waals surface area contributed by atoms with Crippen LogP contribution in [0.3, 0.4) is 0 Å². The largest absolute Gasteiger partial charge is 0.493 e. The molecule has 0 spiro atoms. The fraction of sp³-hybridized carbons (Fsp3) is 0.235. The fourth-order valence-corrected chi connectivity index (χ4v) is 2.94. The van der Waals surface area contributed by atoms with Gasteiger partial charge in [-0.05, 0) is 25.1 Å². The summed E-state index contributed by atoms with van der Waals surface area (Å²) in [6.07, 6.45) is 0. The Balaban J connectivity index is 1.57. The topological polar surface area (TPSA) is 49.9 Å². The Kier molecular flexibility index (Phi) is 2.81. The van der Waals surface area contributed by atoms with Gasteiger partial charge in [0.25, 0.3) is 0 Å². The lowest BCUT2D eigenvalue weighted by molar-refractivity contribution is 0.322. The lowest BCUT2D eigenvalue weighted by Crippen LogP contribution is -2.25. The van der Waals surface area contributed by atoms with Crippen LogP contribution in [0.15, 0.2) is 48.5 Å². The van der Waals surface area contributed by atoms with Crippen molar-refractivity contribution in [1.29, 1.82) is 0 Å². The molecule has 0 fully saturated rings. The Morgan fingerprint density at radius 2 is 2.00 bits per heavy atom. The van der Waals surface area contributed by atoms with Crippen LogP contribution >= 0.6 is 0 Å². The number of hydrogen-bond acceptors (Lipinski definition) is 3. The van der Waals surface area contributed by atoms with Gasteiger partial charge in [-0.15, -0.1) is 0 Å². The summed E-state index contributed by atoms with van der Waals surface area (Å²) in [6.45, 7) is 2.89. The van der Waals surface area contributed by atoms with Crippen LogP contribution in [0.5, 0.6) is 5.75 Å². The van der Waals surface area contributed by atoms with Gasteiger partial charge < -0.3 is 15.0 Å². The SMILES string of the molecule is CC(Nc1nc2ccccc2[nH]1)C1COc2ccccc21. The highest BCUT2D eigenvalue weighted by Gasteiger charge is 2.28. The van der Waals surface area contributed by atoms with E-state index in [0.29, 0.717) is 12.5 Å². The van der Waals surface area contributed by atoms with E-state index in [0.717, 1.165) is 22.7 Å². The van der Waals surface area contributed by atoms with Crippen LogP contribution in [-0.2, 0) is 0 Å². The molecule has 2 aromatic carbocycles. The first kappa shape index (κ1) is 12.3. The molecule has 4 nitrogen and oxygen atoms in total. The highest BCUT2D eigenvalue weighted by molar-refractivity contribution is 5.77. The van der Waals surface area contributed by atoms with Gasteiger partial charge in [-0.2, -0.15) is 0 Å². The molecule has 2 unspecified atom stereocenters. The maximum absolute atomic E-state index is 5.76. The second kappa shape index (κ2) is 4.81. The van der Waals surface area contributed by atoms with Gasteiger partial charge in [-0.1, -0.05) is 30.3 Å². The van der Waals surface area contributed by atoms with E-state index in [1.54, 1.807) is 0 Å². The molecular formula is C17H17N3O. The minimum atomic E-state index is 0.245. The molecule has 4 rings (SSSR count). The van der Waals surface area contributed by atoms with Crippen LogP contribution in [0.2, 0.25) is 0 Å². The van der Waals surface area contributed by atoms with Crippen LogP contribution in [-0.4, -0.2) is 22.6 Å². The molecule has 3 aromatic rings. The third-order valence-electron chi connectivity index (χ3n) is 4.09. The average molecular weight is 279 g/mol. The number of H-pyrrole nitrogens is 1. The maximum atomic E-state index is 5.76. The van der Waals surface area contributed by atoms with E-state index in [1.165, 1.54) is 5.56 Å². The Morgan fingerprint density at radius 1 is 1.19 bits per heavy atom. The summed E-state index contributed by atoms with van der Waals surface area (Å²) in [4.78, 5) is 7.88. The molecule has 0 saturated carbocycles. The van der Waals surface area contributed by atoms with Gasteiger partial charge in [-0.25, -0.2) is 4.98 Å². The minimum Gasteiger partial charge on any atom is -0.493 e. The van der Waals surface area contributed by atoms with Crippen LogP contribution in [0.4, 0.5) is 5.95 Å². The Hall–Kier alpha value is -2.49. The van der Waals surface area contributed by atoms with E-state index in [1.807, 2.05) is 36.4 Å². The quantitative estimate of drug-likeness (QED) is 0.771. The molecule has 2 atom stereocenters. The zero-order chi connectivity index (χ0) is 14.2. The number of nitrogens with zero attached hydrogens (tertiary/aromatic N) is 1. The third-order valence-corrected chi connectivity index (χ3v) is 4.09. The van der Waals surface area contributed by atoms with Crippen molar-refractivity contribution in [2.75, 3.05) is 11.9 Å². The highest BCUT2D eigenvalue weighted by Crippen LogP contribution is 2.36. The number of rotatable bonds is 3. The second-order valence-corrected chi connectivity index (χ2v) is 5.49. The number of anilines is 1. The van der Waals surface area contributed by atoms with Gasteiger partial charge >= 0.3 is 0 Å². The fourth-order valence-electron chi connectivity index (χ4n) is 2.94. The number of benzene rings is 2. The second-order valence-electron chi connectivity index (χ2n) is 5.49. The molecule has 0 amide bonds. The van der Waals surface area contributed by atoms with E-state index < -0.39 is 0 Å². The van der Waals surface area contributed by atoms with E-state index in [4.69, 9.17) is 4.74 Å². The first-order valence-corrected chi connectivity index (χ1v) is 7.24. The van der Waals surface area contributed by atoms with Crippen molar-refractivity contribution in [2.45, 2.75) is 18.9 Å². The van der Waals surface area contributed by atoms with Crippen LogP contribution in [0, 0.1) is 0 Å². The summed E-state index contributed by atoms with van der Waals surface area (Å²) in [5.41, 5.74) is 3.30. The molecule has 0 saturated heterocycles. The maximum Gasteiger partial charge on any atom is 0.201 e. The first-order chi connectivity index (χ1) is 10.3. The molecular weight excluding hydrogens is 262 g/mol. The number of fused-ring (bicyclic) bond motifs is 2. The Morgan fingerprint density at radius 3 is 2.90 bits per heavy atom. The van der Waals surface area contributed by atoms with E-state index in [-0.39, 0.29) is 6.04 Å². The van der Waals surface area contributed by atoms with E-state index in [2.05, 4.69) is 34.3 Å². The number of aromatic nitrogens is 2. The van der Waals surface area contributed by atoms with Crippen LogP contribution in [0.1, 0.15) is 18.4 Å². The summed E-state index contributed by atoms with van der Waals surface area (Å²) in [7, 11) is 0. The summed E-state index contributed by atoms with van der Waals surface area (Å²) < 4.78 is 5.76. The Labute approximate surface area is 123 Å². The summed E-state index contributed by atoms with van der Waals surface area (Å²) in [6, 6.07) is 16.5. The normalized spacial score (nSPS) is 18.2. The molecule has 2 heterocycles. The van der Waals surface area contributed by atoms with Gasteiger partial charge in [0.15, 0.2) is 0 Å². The van der Waals surface area contributed by atoms with E-state index >= 15 is 0 Å². The van der Waals surface area contributed by atoms with Crippen molar-refractivity contribution in [2.24, 2.45) is 0 Å². The molecule has 0 aliphatic carbocycles. The van der Waals surface area contributed by atoms with Crippen molar-refractivity contribution in [1.82, 2.24) is 9.97 Å². The van der Waals surface area contributed by atoms with Gasteiger partial charge in [0.1, 0.15) is 5.75 Å². The van der Waals surface area contributed by atoms with Crippen molar-refractivity contribution >= 4 is 17.0 Å². The van der Waals surface area contributed by atoms with Gasteiger partial charge in [0.05, 0.1) is 17.6 Å². The first-order valence-electron chi connectivity index (χ1n) is 7.24. The Bertz CT molecular complexity index is 747. The monoisotopic (exact) mass is 279 g/mol. The van der Waals surface area contributed by atoms with Crippen molar-refractivity contribution in [3.63, 3.8) is 0 Å². The zero-order valence-electron chi connectivity index (χ0n) is 11.8. The lowest BCUT2D eigenvalue weighted by Gasteiger charge is -2.19. The highest BCUT2D eigenvalue weighted by atomic mass is 16.5. The molecule has 1 aliphatic rings. The van der Waals surface area contributed by atoms with Gasteiger partial charge in [0, 0.05) is 17.5 Å². The predicted octanol–water partition coefficient (Wildman–Crippen LogP) is 3.54. The number of nitrogens with one attached hydrogen (secondary N) is 2. The molecule has 0 radical (unpaired) electrons. The van der Waals surface area contributed by atoms with Crippen molar-refractivity contribution in [3.05, 3.63) is 54.1 Å². The molecule has 0 bridgehead atoms. The molecule has 106 valence electrons. The lowest BCUT2D eigenvalue weighted by atomic mass is 9.94. The number of hydrogen-bond donors (Lipinski definition) is 2. The standard InChI is InChI=1S/C17H17N3O/c1-11(13-10-21-16-9-5-2-6-12(13)16)18-17-19-14-7-3-4-8-15(14)20-17/h2-9,11,13H,10H2,1H3,(H2,18,19,20). The molecule has 1 aromatic heterocycles. The number of para-hydroxylation sites is 3. The van der Waals surface area contributed by atoms with Crippen LogP contribution < -0.4 is 10.1 Å². The van der Waals surface area contributed by atoms with Gasteiger partial charge in [-0.3, -0.25) is 0 Å². The average Bonchev–Trinajstić information content (AvgIpc) is 3.10. The molecule has 21 heavy (non-hydrogen) atoms. The summed E-state index contributed by atoms with van der Waals surface area (Å²) in [5, 5.41) is 3.47. The predicted molar refractivity (Wildman–Crippen MR) is 83.9 cm³/mol. The summed E-state index contributed by atoms with van der Waals surface area (Å²) in [5.74, 6) is 2.16. The smallest absolute Gasteiger partial charge is 0.201 e. The molecule has 1 aliphatic heterocycles. The van der Waals surface area contributed by atoms with Crippen LogP contribution in [0.25, 0.3) is 11.0 Å². The zero-order valence-corrected chi connectivity index (χ0v) is 11.8. The molecule has 2 N–H and O–H groups in total. The van der Waals surface area contributed by atoms with Crippen molar-refractivity contribution < 1.29 is 4.74 Å². The van der Waals surface area contributed by atoms with E-state index in [9.17, 15) is 0 Å². The number of ether oxygens (including phenoxy) is 1. The number of aromatic amines is 1. The third kappa shape index (κ3) is 2.13. The van der Waals surface area contributed by atoms with Gasteiger partial charge in [0.2, 0.25) is 5.95 Å². The number of imidazole rings is 1. The van der Waals surface area contributed by atoms with Crippen molar-refractivity contribution in [3.8, 4) is 5.75 Å².